The van der Waals surface area contributed by atoms with Crippen molar-refractivity contribution in [3.63, 3.8) is 0 Å². The van der Waals surface area contributed by atoms with Gasteiger partial charge in [0, 0.05) is 11.4 Å². The molecule has 0 fully saturated rings. The Hall–Kier alpha value is -1.98. The summed E-state index contributed by atoms with van der Waals surface area (Å²) < 4.78 is 5.81. The van der Waals surface area contributed by atoms with Gasteiger partial charge in [0.25, 0.3) is 0 Å². The summed E-state index contributed by atoms with van der Waals surface area (Å²) in [4.78, 5) is 0. The molecule has 0 N–H and O–H groups in total. The number of para-hydroxylation sites is 1. The predicted molar refractivity (Wildman–Crippen MR) is 76.1 cm³/mol. The molecule has 0 atom stereocenters. The molecule has 0 heterocycles. The van der Waals surface area contributed by atoms with E-state index in [2.05, 4.69) is 6.07 Å². The van der Waals surface area contributed by atoms with Crippen LogP contribution in [0.15, 0.2) is 48.5 Å². The molecule has 0 aliphatic heterocycles. The first-order chi connectivity index (χ1) is 9.35. The number of alkyl halides is 1. The minimum Gasteiger partial charge on any atom is -0.489 e. The molecule has 0 aliphatic carbocycles. The molecule has 2 rings (SSSR count). The maximum Gasteiger partial charge on any atom is 0.124 e. The first-order valence-corrected chi connectivity index (χ1v) is 6.59. The highest BCUT2D eigenvalue weighted by molar-refractivity contribution is 6.17. The third-order valence-corrected chi connectivity index (χ3v) is 3.18. The van der Waals surface area contributed by atoms with Gasteiger partial charge >= 0.3 is 0 Å². The van der Waals surface area contributed by atoms with Gasteiger partial charge in [-0.2, -0.15) is 5.26 Å². The third kappa shape index (κ3) is 3.49. The average Bonchev–Trinajstić information content (AvgIpc) is 2.47. The van der Waals surface area contributed by atoms with Gasteiger partial charge in [-0.25, -0.2) is 0 Å². The molecule has 3 heteroatoms. The predicted octanol–water partition coefficient (Wildman–Crippen LogP) is 4.07. The summed E-state index contributed by atoms with van der Waals surface area (Å²) in [5.74, 6) is 1.23. The fraction of sp³-hybridized carbons (Fsp3) is 0.188. The third-order valence-electron chi connectivity index (χ3n) is 2.89. The van der Waals surface area contributed by atoms with Gasteiger partial charge in [-0.05, 0) is 17.2 Å². The van der Waals surface area contributed by atoms with E-state index in [9.17, 15) is 0 Å². The van der Waals surface area contributed by atoms with Crippen LogP contribution in [0.25, 0.3) is 0 Å². The molecular weight excluding hydrogens is 258 g/mol. The van der Waals surface area contributed by atoms with Gasteiger partial charge in [0.1, 0.15) is 12.4 Å². The fourth-order valence-electron chi connectivity index (χ4n) is 1.86. The maximum atomic E-state index is 8.79. The van der Waals surface area contributed by atoms with E-state index in [4.69, 9.17) is 21.6 Å². The summed E-state index contributed by atoms with van der Waals surface area (Å²) in [5.41, 5.74) is 3.06. The molecule has 0 bridgehead atoms. The van der Waals surface area contributed by atoms with E-state index < -0.39 is 0 Å². The van der Waals surface area contributed by atoms with Crippen LogP contribution in [0, 0.1) is 11.3 Å². The van der Waals surface area contributed by atoms with E-state index >= 15 is 0 Å². The zero-order valence-electron chi connectivity index (χ0n) is 10.5. The van der Waals surface area contributed by atoms with Crippen molar-refractivity contribution in [1.29, 1.82) is 5.26 Å². The summed E-state index contributed by atoms with van der Waals surface area (Å²) in [6.45, 7) is 0.464. The zero-order valence-corrected chi connectivity index (χ0v) is 11.2. The standard InChI is InChI=1S/C16H14ClNO/c17-11-14-6-1-2-7-15(14)12-19-16-8-4-3-5-13(16)9-10-18/h1-8H,9,11-12H2. The van der Waals surface area contributed by atoms with E-state index in [1.54, 1.807) is 0 Å². The minimum atomic E-state index is 0.354. The van der Waals surface area contributed by atoms with Gasteiger partial charge in [0.2, 0.25) is 0 Å². The van der Waals surface area contributed by atoms with Crippen LogP contribution in [0.4, 0.5) is 0 Å². The lowest BCUT2D eigenvalue weighted by atomic mass is 10.1. The Labute approximate surface area is 118 Å². The number of hydrogen-bond acceptors (Lipinski definition) is 2. The monoisotopic (exact) mass is 271 g/mol. The van der Waals surface area contributed by atoms with Crippen molar-refractivity contribution in [2.24, 2.45) is 0 Å². The van der Waals surface area contributed by atoms with E-state index in [-0.39, 0.29) is 0 Å². The first kappa shape index (κ1) is 13.5. The lowest BCUT2D eigenvalue weighted by Crippen LogP contribution is -2.01. The molecule has 2 nitrogen and oxygen atoms in total. The van der Waals surface area contributed by atoms with Gasteiger partial charge < -0.3 is 4.74 Å². The van der Waals surface area contributed by atoms with Crippen molar-refractivity contribution in [3.05, 3.63) is 65.2 Å². The largest absolute Gasteiger partial charge is 0.489 e. The lowest BCUT2D eigenvalue weighted by Gasteiger charge is -2.11. The summed E-state index contributed by atoms with van der Waals surface area (Å²) in [6, 6.07) is 17.7. The lowest BCUT2D eigenvalue weighted by molar-refractivity contribution is 0.302. The van der Waals surface area contributed by atoms with E-state index in [0.29, 0.717) is 18.9 Å². The highest BCUT2D eigenvalue weighted by Gasteiger charge is 2.05. The average molecular weight is 272 g/mol. The normalized spacial score (nSPS) is 9.89. The highest BCUT2D eigenvalue weighted by atomic mass is 35.5. The zero-order chi connectivity index (χ0) is 13.5. The van der Waals surface area contributed by atoms with E-state index in [0.717, 1.165) is 22.4 Å². The van der Waals surface area contributed by atoms with Crippen LogP contribution in [0.5, 0.6) is 5.75 Å². The van der Waals surface area contributed by atoms with Crippen molar-refractivity contribution < 1.29 is 4.74 Å². The Morgan fingerprint density at radius 2 is 1.58 bits per heavy atom. The summed E-state index contributed by atoms with van der Waals surface area (Å²) >= 11 is 5.90. The molecule has 0 saturated carbocycles. The second-order valence-electron chi connectivity index (χ2n) is 4.13. The summed E-state index contributed by atoms with van der Waals surface area (Å²) in [7, 11) is 0. The second-order valence-corrected chi connectivity index (χ2v) is 4.40. The molecule has 0 spiro atoms. The molecule has 0 aromatic heterocycles. The number of benzene rings is 2. The number of ether oxygens (including phenoxy) is 1. The van der Waals surface area contributed by atoms with Crippen molar-refractivity contribution in [2.45, 2.75) is 18.9 Å². The van der Waals surface area contributed by atoms with Crippen molar-refractivity contribution in [3.8, 4) is 11.8 Å². The van der Waals surface area contributed by atoms with E-state index in [1.165, 1.54) is 0 Å². The highest BCUT2D eigenvalue weighted by Crippen LogP contribution is 2.21. The van der Waals surface area contributed by atoms with Crippen LogP contribution in [0.2, 0.25) is 0 Å². The Bertz CT molecular complexity index is 589. The number of hydrogen-bond donors (Lipinski definition) is 0. The molecule has 0 amide bonds. The number of nitriles is 1. The summed E-state index contributed by atoms with van der Waals surface area (Å²) in [5, 5.41) is 8.79. The van der Waals surface area contributed by atoms with Crippen LogP contribution >= 0.6 is 11.6 Å². The van der Waals surface area contributed by atoms with Gasteiger partial charge in [0.05, 0.1) is 12.5 Å². The van der Waals surface area contributed by atoms with Crippen LogP contribution in [0.1, 0.15) is 16.7 Å². The minimum absolute atomic E-state index is 0.354. The molecule has 19 heavy (non-hydrogen) atoms. The summed E-state index contributed by atoms with van der Waals surface area (Å²) in [6.07, 6.45) is 0.354. The Morgan fingerprint density at radius 1 is 0.947 bits per heavy atom. The smallest absolute Gasteiger partial charge is 0.124 e. The maximum absolute atomic E-state index is 8.79. The molecular formula is C16H14ClNO. The van der Waals surface area contributed by atoms with Crippen LogP contribution in [-0.4, -0.2) is 0 Å². The van der Waals surface area contributed by atoms with Gasteiger partial charge in [0.15, 0.2) is 0 Å². The quantitative estimate of drug-likeness (QED) is 0.768. The van der Waals surface area contributed by atoms with E-state index in [1.807, 2.05) is 48.5 Å². The van der Waals surface area contributed by atoms with Gasteiger partial charge in [-0.1, -0.05) is 42.5 Å². The first-order valence-electron chi connectivity index (χ1n) is 6.05. The second kappa shape index (κ2) is 6.82. The molecule has 0 aliphatic rings. The Balaban J connectivity index is 2.13. The van der Waals surface area contributed by atoms with Crippen LogP contribution in [-0.2, 0) is 18.9 Å². The fourth-order valence-corrected chi connectivity index (χ4v) is 2.12. The van der Waals surface area contributed by atoms with Gasteiger partial charge in [-0.15, -0.1) is 11.6 Å². The molecule has 2 aromatic rings. The van der Waals surface area contributed by atoms with Crippen molar-refractivity contribution in [1.82, 2.24) is 0 Å². The number of halogens is 1. The van der Waals surface area contributed by atoms with Gasteiger partial charge in [-0.3, -0.25) is 0 Å². The molecule has 0 unspecified atom stereocenters. The number of rotatable bonds is 5. The van der Waals surface area contributed by atoms with Crippen LogP contribution < -0.4 is 4.74 Å². The topological polar surface area (TPSA) is 33.0 Å². The molecule has 2 aromatic carbocycles. The van der Waals surface area contributed by atoms with Crippen molar-refractivity contribution >= 4 is 11.6 Å². The molecule has 96 valence electrons. The number of nitrogens with zero attached hydrogens (tertiary/aromatic N) is 1. The van der Waals surface area contributed by atoms with Crippen molar-refractivity contribution in [2.75, 3.05) is 0 Å². The Morgan fingerprint density at radius 3 is 2.26 bits per heavy atom. The van der Waals surface area contributed by atoms with Crippen LogP contribution in [0.3, 0.4) is 0 Å². The SMILES string of the molecule is N#CCc1ccccc1OCc1ccccc1CCl. The molecule has 0 saturated heterocycles. The Kier molecular flexibility index (Phi) is 4.83. The molecule has 0 radical (unpaired) electrons.